The molecule has 0 spiro atoms. The Morgan fingerprint density at radius 1 is 1.26 bits per heavy atom. The smallest absolute Gasteiger partial charge is 0.0741 e. The number of hydrogen-bond donors (Lipinski definition) is 1. The summed E-state index contributed by atoms with van der Waals surface area (Å²) in [6.45, 7) is 9.49. The van der Waals surface area contributed by atoms with E-state index in [-0.39, 0.29) is 0 Å². The number of aromatic nitrogens is 1. The molecule has 0 fully saturated rings. The van der Waals surface area contributed by atoms with Gasteiger partial charge in [0.2, 0.25) is 0 Å². The molecule has 1 aromatic heterocycles. The van der Waals surface area contributed by atoms with Crippen molar-refractivity contribution >= 4 is 28.2 Å². The van der Waals surface area contributed by atoms with E-state index in [2.05, 4.69) is 38.2 Å². The van der Waals surface area contributed by atoms with E-state index >= 15 is 0 Å². The van der Waals surface area contributed by atoms with Crippen molar-refractivity contribution in [1.29, 1.82) is 0 Å². The molecule has 2 aromatic rings. The molecule has 0 saturated carbocycles. The average molecular weight is 277 g/mol. The number of aryl methyl sites for hydroxylation is 1. The minimum atomic E-state index is 0.409. The summed E-state index contributed by atoms with van der Waals surface area (Å²) < 4.78 is 0. The van der Waals surface area contributed by atoms with Crippen LogP contribution in [0.1, 0.15) is 44.4 Å². The second-order valence-electron chi connectivity index (χ2n) is 5.29. The summed E-state index contributed by atoms with van der Waals surface area (Å²) in [6, 6.07) is 6.25. The molecule has 1 N–H and O–H groups in total. The van der Waals surface area contributed by atoms with Crippen molar-refractivity contribution in [3.05, 3.63) is 34.5 Å². The molecule has 1 heterocycles. The van der Waals surface area contributed by atoms with Crippen molar-refractivity contribution in [3.63, 3.8) is 0 Å². The molecule has 102 valence electrons. The van der Waals surface area contributed by atoms with E-state index < -0.39 is 0 Å². The molecular weight excluding hydrogens is 256 g/mol. The minimum absolute atomic E-state index is 0.409. The summed E-state index contributed by atoms with van der Waals surface area (Å²) in [7, 11) is 0. The van der Waals surface area contributed by atoms with Crippen LogP contribution in [-0.4, -0.2) is 11.5 Å². The highest BCUT2D eigenvalue weighted by molar-refractivity contribution is 6.32. The Labute approximate surface area is 120 Å². The van der Waals surface area contributed by atoms with Gasteiger partial charge in [0.1, 0.15) is 0 Å². The van der Waals surface area contributed by atoms with Crippen LogP contribution >= 0.6 is 11.6 Å². The number of anilines is 1. The SMILES string of the molecule is CCCNc1cc(C(C)C)nc2cc(Cl)c(C)cc12. The van der Waals surface area contributed by atoms with Gasteiger partial charge in [0, 0.05) is 28.3 Å². The van der Waals surface area contributed by atoms with Crippen LogP contribution in [0.4, 0.5) is 5.69 Å². The Balaban J connectivity index is 2.63. The number of fused-ring (bicyclic) bond motifs is 1. The molecule has 0 unspecified atom stereocenters. The van der Waals surface area contributed by atoms with Gasteiger partial charge in [0.15, 0.2) is 0 Å². The Hall–Kier alpha value is -1.28. The van der Waals surface area contributed by atoms with Gasteiger partial charge < -0.3 is 5.32 Å². The normalized spacial score (nSPS) is 11.3. The molecule has 0 saturated heterocycles. The highest BCUT2D eigenvalue weighted by atomic mass is 35.5. The monoisotopic (exact) mass is 276 g/mol. The molecule has 0 radical (unpaired) electrons. The van der Waals surface area contributed by atoms with Gasteiger partial charge in [-0.3, -0.25) is 4.98 Å². The maximum absolute atomic E-state index is 6.22. The van der Waals surface area contributed by atoms with Crippen LogP contribution in [0.15, 0.2) is 18.2 Å². The van der Waals surface area contributed by atoms with E-state index in [1.165, 1.54) is 0 Å². The lowest BCUT2D eigenvalue weighted by Gasteiger charge is -2.14. The first-order chi connectivity index (χ1) is 9.02. The van der Waals surface area contributed by atoms with Crippen LogP contribution in [0.3, 0.4) is 0 Å². The molecule has 3 heteroatoms. The quantitative estimate of drug-likeness (QED) is 0.836. The third kappa shape index (κ3) is 3.01. The van der Waals surface area contributed by atoms with Gasteiger partial charge in [-0.1, -0.05) is 32.4 Å². The Morgan fingerprint density at radius 2 is 2.00 bits per heavy atom. The lowest BCUT2D eigenvalue weighted by molar-refractivity contribution is 0.829. The van der Waals surface area contributed by atoms with Crippen LogP contribution in [0.5, 0.6) is 0 Å². The number of benzene rings is 1. The highest BCUT2D eigenvalue weighted by Gasteiger charge is 2.10. The van der Waals surface area contributed by atoms with Gasteiger partial charge in [0.25, 0.3) is 0 Å². The largest absolute Gasteiger partial charge is 0.384 e. The molecular formula is C16H21ClN2. The van der Waals surface area contributed by atoms with Crippen molar-refractivity contribution in [1.82, 2.24) is 4.98 Å². The second kappa shape index (κ2) is 5.79. The zero-order valence-electron chi connectivity index (χ0n) is 12.0. The lowest BCUT2D eigenvalue weighted by atomic mass is 10.0. The summed E-state index contributed by atoms with van der Waals surface area (Å²) >= 11 is 6.22. The van der Waals surface area contributed by atoms with Crippen LogP contribution in [0.25, 0.3) is 10.9 Å². The van der Waals surface area contributed by atoms with E-state index in [0.717, 1.165) is 45.8 Å². The highest BCUT2D eigenvalue weighted by Crippen LogP contribution is 2.30. The molecule has 0 atom stereocenters. The molecule has 0 aliphatic carbocycles. The van der Waals surface area contributed by atoms with Crippen molar-refractivity contribution in [2.24, 2.45) is 0 Å². The van der Waals surface area contributed by atoms with Crippen LogP contribution in [0, 0.1) is 6.92 Å². The van der Waals surface area contributed by atoms with Crippen molar-refractivity contribution in [3.8, 4) is 0 Å². The molecule has 19 heavy (non-hydrogen) atoms. The summed E-state index contributed by atoms with van der Waals surface area (Å²) in [5, 5.41) is 5.43. The van der Waals surface area contributed by atoms with Crippen LogP contribution < -0.4 is 5.32 Å². The second-order valence-corrected chi connectivity index (χ2v) is 5.70. The predicted octanol–water partition coefficient (Wildman–Crippen LogP) is 5.14. The van der Waals surface area contributed by atoms with E-state index in [9.17, 15) is 0 Å². The molecule has 0 aliphatic rings. The lowest BCUT2D eigenvalue weighted by Crippen LogP contribution is -2.03. The molecule has 0 bridgehead atoms. The van der Waals surface area contributed by atoms with Crippen molar-refractivity contribution < 1.29 is 0 Å². The zero-order chi connectivity index (χ0) is 14.0. The number of halogens is 1. The van der Waals surface area contributed by atoms with Gasteiger partial charge in [-0.05, 0) is 43.0 Å². The number of hydrogen-bond acceptors (Lipinski definition) is 2. The first kappa shape index (κ1) is 14.1. The molecule has 0 aliphatic heterocycles. The molecule has 1 aromatic carbocycles. The Morgan fingerprint density at radius 3 is 2.63 bits per heavy atom. The van der Waals surface area contributed by atoms with Gasteiger partial charge in [-0.25, -0.2) is 0 Å². The topological polar surface area (TPSA) is 24.9 Å². The van der Waals surface area contributed by atoms with Gasteiger partial charge in [0.05, 0.1) is 5.52 Å². The fourth-order valence-corrected chi connectivity index (χ4v) is 2.24. The van der Waals surface area contributed by atoms with E-state index in [1.54, 1.807) is 0 Å². The van der Waals surface area contributed by atoms with Crippen molar-refractivity contribution in [2.45, 2.75) is 40.0 Å². The summed E-state index contributed by atoms with van der Waals surface area (Å²) in [6.07, 6.45) is 1.10. The Kier molecular flexibility index (Phi) is 4.31. The molecule has 2 nitrogen and oxygen atoms in total. The first-order valence-corrected chi connectivity index (χ1v) is 7.25. The van der Waals surface area contributed by atoms with Gasteiger partial charge in [-0.2, -0.15) is 0 Å². The van der Waals surface area contributed by atoms with Gasteiger partial charge in [-0.15, -0.1) is 0 Å². The third-order valence-electron chi connectivity index (χ3n) is 3.27. The minimum Gasteiger partial charge on any atom is -0.384 e. The standard InChI is InChI=1S/C16H21ClN2/c1-5-6-18-15-9-14(10(2)3)19-16-8-13(17)11(4)7-12(15)16/h7-10H,5-6H2,1-4H3,(H,18,19). The summed E-state index contributed by atoms with van der Waals surface area (Å²) in [4.78, 5) is 4.72. The maximum Gasteiger partial charge on any atom is 0.0741 e. The Bertz CT molecular complexity index is 591. The van der Waals surface area contributed by atoms with E-state index in [4.69, 9.17) is 16.6 Å². The maximum atomic E-state index is 6.22. The molecule has 0 amide bonds. The fourth-order valence-electron chi connectivity index (χ4n) is 2.08. The summed E-state index contributed by atoms with van der Waals surface area (Å²) in [5.41, 5.74) is 4.33. The molecule has 2 rings (SSSR count). The van der Waals surface area contributed by atoms with Crippen molar-refractivity contribution in [2.75, 3.05) is 11.9 Å². The third-order valence-corrected chi connectivity index (χ3v) is 3.67. The fraction of sp³-hybridized carbons (Fsp3) is 0.438. The predicted molar refractivity (Wildman–Crippen MR) is 84.4 cm³/mol. The van der Waals surface area contributed by atoms with Gasteiger partial charge >= 0.3 is 0 Å². The van der Waals surface area contributed by atoms with Crippen LogP contribution in [0.2, 0.25) is 5.02 Å². The summed E-state index contributed by atoms with van der Waals surface area (Å²) in [5.74, 6) is 0.409. The number of nitrogens with one attached hydrogen (secondary N) is 1. The number of nitrogens with zero attached hydrogens (tertiary/aromatic N) is 1. The van der Waals surface area contributed by atoms with E-state index in [1.807, 2.05) is 13.0 Å². The average Bonchev–Trinajstić information content (AvgIpc) is 2.37. The number of rotatable bonds is 4. The zero-order valence-corrected chi connectivity index (χ0v) is 12.8. The van der Waals surface area contributed by atoms with E-state index in [0.29, 0.717) is 5.92 Å². The number of pyridine rings is 1. The van der Waals surface area contributed by atoms with Crippen LogP contribution in [-0.2, 0) is 0 Å². The first-order valence-electron chi connectivity index (χ1n) is 6.87.